The average Bonchev–Trinajstić information content (AvgIpc) is 3.08. The van der Waals surface area contributed by atoms with E-state index in [1.54, 1.807) is 0 Å². The molecule has 0 saturated heterocycles. The second-order valence-corrected chi connectivity index (χ2v) is 4.80. The van der Waals surface area contributed by atoms with Crippen LogP contribution in [-0.2, 0) is 4.79 Å². The molecule has 2 atom stereocenters. The van der Waals surface area contributed by atoms with E-state index in [2.05, 4.69) is 15.1 Å². The molecule has 1 aliphatic carbocycles. The molecule has 6 nitrogen and oxygen atoms in total. The van der Waals surface area contributed by atoms with Gasteiger partial charge in [-0.25, -0.2) is 9.37 Å². The molecule has 0 spiro atoms. The molecule has 3 rings (SSSR count). The third kappa shape index (κ3) is 2.26. The summed E-state index contributed by atoms with van der Waals surface area (Å²) in [5.41, 5.74) is 0.395. The van der Waals surface area contributed by atoms with Gasteiger partial charge in [0.05, 0.1) is 18.0 Å². The smallest absolute Gasteiger partial charge is 0.307 e. The second kappa shape index (κ2) is 4.99. The van der Waals surface area contributed by atoms with Gasteiger partial charge in [0.2, 0.25) is 11.7 Å². The number of halogens is 1. The van der Waals surface area contributed by atoms with Crippen LogP contribution in [0, 0.1) is 11.7 Å². The summed E-state index contributed by atoms with van der Waals surface area (Å²) in [4.78, 5) is 19.2. The molecule has 7 heteroatoms. The van der Waals surface area contributed by atoms with Gasteiger partial charge in [0.15, 0.2) is 0 Å². The fraction of sp³-hybridized carbons (Fsp3) is 0.385. The molecule has 2 aromatic heterocycles. The van der Waals surface area contributed by atoms with E-state index in [0.717, 1.165) is 19.0 Å². The highest BCUT2D eigenvalue weighted by Crippen LogP contribution is 2.39. The van der Waals surface area contributed by atoms with Crippen molar-refractivity contribution in [2.45, 2.75) is 25.2 Å². The van der Waals surface area contributed by atoms with Crippen molar-refractivity contribution in [2.75, 3.05) is 0 Å². The Balaban J connectivity index is 1.86. The molecule has 20 heavy (non-hydrogen) atoms. The summed E-state index contributed by atoms with van der Waals surface area (Å²) in [6.07, 6.45) is 3.23. The van der Waals surface area contributed by atoms with Crippen molar-refractivity contribution >= 4 is 5.97 Å². The molecule has 0 bridgehead atoms. The molecule has 0 amide bonds. The highest BCUT2D eigenvalue weighted by Gasteiger charge is 2.37. The molecule has 1 N–H and O–H groups in total. The molecule has 0 radical (unpaired) electrons. The SMILES string of the molecule is O=C(O)C1CCCC1c1nc(-c2ccc(F)cn2)no1. The predicted octanol–water partition coefficient (Wildman–Crippen LogP) is 2.24. The number of rotatable bonds is 3. The number of nitrogens with zero attached hydrogens (tertiary/aromatic N) is 3. The zero-order valence-corrected chi connectivity index (χ0v) is 10.5. The highest BCUT2D eigenvalue weighted by molar-refractivity contribution is 5.71. The van der Waals surface area contributed by atoms with Gasteiger partial charge in [-0.15, -0.1) is 0 Å². The number of carboxylic acids is 1. The first-order valence-corrected chi connectivity index (χ1v) is 6.33. The van der Waals surface area contributed by atoms with Crippen LogP contribution in [0.3, 0.4) is 0 Å². The van der Waals surface area contributed by atoms with Crippen LogP contribution in [0.4, 0.5) is 4.39 Å². The summed E-state index contributed by atoms with van der Waals surface area (Å²) in [6, 6.07) is 2.71. The average molecular weight is 277 g/mol. The van der Waals surface area contributed by atoms with Gasteiger partial charge in [-0.2, -0.15) is 4.98 Å². The number of aliphatic carboxylic acids is 1. The van der Waals surface area contributed by atoms with E-state index in [-0.39, 0.29) is 11.7 Å². The van der Waals surface area contributed by atoms with Crippen LogP contribution in [0.1, 0.15) is 31.1 Å². The van der Waals surface area contributed by atoms with E-state index in [1.165, 1.54) is 12.1 Å². The minimum absolute atomic E-state index is 0.246. The molecule has 2 heterocycles. The maximum Gasteiger partial charge on any atom is 0.307 e. The maximum absolute atomic E-state index is 12.8. The third-order valence-electron chi connectivity index (χ3n) is 3.55. The van der Waals surface area contributed by atoms with E-state index in [4.69, 9.17) is 9.63 Å². The van der Waals surface area contributed by atoms with Crippen molar-refractivity contribution < 1.29 is 18.8 Å². The van der Waals surface area contributed by atoms with Crippen LogP contribution < -0.4 is 0 Å². The monoisotopic (exact) mass is 277 g/mol. The van der Waals surface area contributed by atoms with Gasteiger partial charge in [0.25, 0.3) is 0 Å². The number of carbonyl (C=O) groups is 1. The lowest BCUT2D eigenvalue weighted by molar-refractivity contribution is -0.142. The molecular formula is C13H12FN3O3. The van der Waals surface area contributed by atoms with Crippen LogP contribution in [-0.4, -0.2) is 26.2 Å². The van der Waals surface area contributed by atoms with Crippen molar-refractivity contribution in [3.63, 3.8) is 0 Å². The number of hydrogen-bond acceptors (Lipinski definition) is 5. The maximum atomic E-state index is 12.8. The van der Waals surface area contributed by atoms with Crippen LogP contribution >= 0.6 is 0 Å². The van der Waals surface area contributed by atoms with Gasteiger partial charge in [-0.1, -0.05) is 11.6 Å². The Hall–Kier alpha value is -2.31. The first-order valence-electron chi connectivity index (χ1n) is 6.33. The van der Waals surface area contributed by atoms with E-state index in [0.29, 0.717) is 18.0 Å². The van der Waals surface area contributed by atoms with Crippen LogP contribution in [0.5, 0.6) is 0 Å². The van der Waals surface area contributed by atoms with Gasteiger partial charge in [-0.3, -0.25) is 4.79 Å². The second-order valence-electron chi connectivity index (χ2n) is 4.80. The quantitative estimate of drug-likeness (QED) is 0.925. The van der Waals surface area contributed by atoms with Crippen LogP contribution in [0.15, 0.2) is 22.9 Å². The molecule has 104 valence electrons. The summed E-state index contributed by atoms with van der Waals surface area (Å²) in [7, 11) is 0. The van der Waals surface area contributed by atoms with Gasteiger partial charge >= 0.3 is 5.97 Å². The van der Waals surface area contributed by atoms with Crippen molar-refractivity contribution in [3.05, 3.63) is 30.0 Å². The molecule has 0 aromatic carbocycles. The normalized spacial score (nSPS) is 22.1. The molecule has 2 aromatic rings. The first-order chi connectivity index (χ1) is 9.65. The highest BCUT2D eigenvalue weighted by atomic mass is 19.1. The zero-order valence-electron chi connectivity index (χ0n) is 10.5. The van der Waals surface area contributed by atoms with E-state index in [1.807, 2.05) is 0 Å². The summed E-state index contributed by atoms with van der Waals surface area (Å²) in [5.74, 6) is -1.46. The number of carboxylic acid groups (broad SMARTS) is 1. The summed E-state index contributed by atoms with van der Waals surface area (Å²) in [5, 5.41) is 12.9. The van der Waals surface area contributed by atoms with Crippen LogP contribution in [0.2, 0.25) is 0 Å². The Kier molecular flexibility index (Phi) is 3.17. The topological polar surface area (TPSA) is 89.1 Å². The van der Waals surface area contributed by atoms with Gasteiger partial charge in [0.1, 0.15) is 11.5 Å². The fourth-order valence-electron chi connectivity index (χ4n) is 2.55. The minimum atomic E-state index is -0.841. The molecule has 1 aliphatic rings. The lowest BCUT2D eigenvalue weighted by atomic mass is 9.96. The number of pyridine rings is 1. The molecule has 2 unspecified atom stereocenters. The van der Waals surface area contributed by atoms with Gasteiger partial charge < -0.3 is 9.63 Å². The number of aromatic nitrogens is 3. The Morgan fingerprint density at radius 3 is 2.95 bits per heavy atom. The van der Waals surface area contributed by atoms with E-state index >= 15 is 0 Å². The lowest BCUT2D eigenvalue weighted by Crippen LogP contribution is -2.17. The van der Waals surface area contributed by atoms with Crippen molar-refractivity contribution in [1.82, 2.24) is 15.1 Å². The molecule has 0 aliphatic heterocycles. The van der Waals surface area contributed by atoms with Gasteiger partial charge in [0, 0.05) is 0 Å². The standard InChI is InChI=1S/C13H12FN3O3/c14-7-4-5-10(15-6-7)11-16-12(20-17-11)8-2-1-3-9(8)13(18)19/h4-6,8-9H,1-3H2,(H,18,19). The first kappa shape index (κ1) is 12.7. The predicted molar refractivity (Wildman–Crippen MR) is 65.2 cm³/mol. The lowest BCUT2D eigenvalue weighted by Gasteiger charge is -2.09. The molecule has 1 saturated carbocycles. The molecule has 1 fully saturated rings. The number of hydrogen-bond donors (Lipinski definition) is 1. The fourth-order valence-corrected chi connectivity index (χ4v) is 2.55. The Morgan fingerprint density at radius 2 is 2.25 bits per heavy atom. The van der Waals surface area contributed by atoms with E-state index in [9.17, 15) is 9.18 Å². The third-order valence-corrected chi connectivity index (χ3v) is 3.55. The Morgan fingerprint density at radius 1 is 1.40 bits per heavy atom. The Labute approximate surface area is 113 Å². The largest absolute Gasteiger partial charge is 0.481 e. The zero-order chi connectivity index (χ0) is 14.1. The summed E-state index contributed by atoms with van der Waals surface area (Å²) >= 11 is 0. The molecular weight excluding hydrogens is 265 g/mol. The Bertz CT molecular complexity index is 626. The van der Waals surface area contributed by atoms with E-state index < -0.39 is 17.7 Å². The summed E-state index contributed by atoms with van der Waals surface area (Å²) in [6.45, 7) is 0. The van der Waals surface area contributed by atoms with Crippen LogP contribution in [0.25, 0.3) is 11.5 Å². The van der Waals surface area contributed by atoms with Crippen molar-refractivity contribution in [1.29, 1.82) is 0 Å². The summed E-state index contributed by atoms with van der Waals surface area (Å²) < 4.78 is 18.0. The van der Waals surface area contributed by atoms with Crippen molar-refractivity contribution in [3.8, 4) is 11.5 Å². The van der Waals surface area contributed by atoms with Gasteiger partial charge in [-0.05, 0) is 25.0 Å². The minimum Gasteiger partial charge on any atom is -0.481 e. The van der Waals surface area contributed by atoms with Crippen molar-refractivity contribution in [2.24, 2.45) is 5.92 Å².